The molecule has 0 radical (unpaired) electrons. The summed E-state index contributed by atoms with van der Waals surface area (Å²) in [6, 6.07) is 4.77. The van der Waals surface area contributed by atoms with E-state index in [1.807, 2.05) is 0 Å². The van der Waals surface area contributed by atoms with Crippen molar-refractivity contribution in [2.75, 3.05) is 52.6 Å². The first-order chi connectivity index (χ1) is 13.2. The highest BCUT2D eigenvalue weighted by atomic mass is 16.7. The van der Waals surface area contributed by atoms with Crippen LogP contribution >= 0.6 is 0 Å². The highest BCUT2D eigenvalue weighted by Gasteiger charge is 2.34. The molecular weight excluding hydrogens is 348 g/mol. The average molecular weight is 374 g/mol. The first-order valence-corrected chi connectivity index (χ1v) is 9.64. The maximum Gasteiger partial charge on any atom is 0.254 e. The Bertz CT molecular complexity index is 705. The number of hydrogen-bond acceptors (Lipinski definition) is 6. The van der Waals surface area contributed by atoms with E-state index in [0.717, 1.165) is 39.1 Å². The topological polar surface area (TPSA) is 83.1 Å². The first-order valence-electron chi connectivity index (χ1n) is 9.64. The van der Waals surface area contributed by atoms with Crippen LogP contribution in [0.4, 0.5) is 0 Å². The fourth-order valence-electron chi connectivity index (χ4n) is 3.87. The summed E-state index contributed by atoms with van der Waals surface area (Å²) in [5.41, 5.74) is 0.528. The number of ether oxygens (including phenoxy) is 2. The SMILES string of the molecule is O=C(NCCN1CCNCC1)C1CCCN1C(=O)c1ccc2c(c1)OCO2. The molecule has 3 aliphatic rings. The van der Waals surface area contributed by atoms with Crippen LogP contribution in [0.1, 0.15) is 23.2 Å². The number of amides is 2. The molecule has 1 atom stereocenters. The molecule has 4 rings (SSSR count). The Morgan fingerprint density at radius 3 is 2.81 bits per heavy atom. The van der Waals surface area contributed by atoms with E-state index in [9.17, 15) is 9.59 Å². The Morgan fingerprint density at radius 2 is 1.96 bits per heavy atom. The van der Waals surface area contributed by atoms with Gasteiger partial charge in [-0.1, -0.05) is 0 Å². The molecule has 0 aromatic heterocycles. The molecule has 0 spiro atoms. The van der Waals surface area contributed by atoms with Crippen LogP contribution in [0.2, 0.25) is 0 Å². The Hall–Kier alpha value is -2.32. The van der Waals surface area contributed by atoms with Crippen LogP contribution in [0.25, 0.3) is 0 Å². The van der Waals surface area contributed by atoms with Gasteiger partial charge >= 0.3 is 0 Å². The normalized spacial score (nSPS) is 22.1. The van der Waals surface area contributed by atoms with Crippen molar-refractivity contribution < 1.29 is 19.1 Å². The molecule has 2 fully saturated rings. The zero-order valence-electron chi connectivity index (χ0n) is 15.4. The van der Waals surface area contributed by atoms with Crippen molar-refractivity contribution >= 4 is 11.8 Å². The highest BCUT2D eigenvalue weighted by Crippen LogP contribution is 2.33. The van der Waals surface area contributed by atoms with Crippen molar-refractivity contribution in [1.29, 1.82) is 0 Å². The molecule has 0 aliphatic carbocycles. The van der Waals surface area contributed by atoms with Gasteiger partial charge in [0.1, 0.15) is 6.04 Å². The van der Waals surface area contributed by atoms with E-state index < -0.39 is 6.04 Å². The fourth-order valence-corrected chi connectivity index (χ4v) is 3.87. The summed E-state index contributed by atoms with van der Waals surface area (Å²) >= 11 is 0. The van der Waals surface area contributed by atoms with Crippen molar-refractivity contribution in [2.45, 2.75) is 18.9 Å². The molecule has 2 N–H and O–H groups in total. The Morgan fingerprint density at radius 1 is 1.15 bits per heavy atom. The van der Waals surface area contributed by atoms with E-state index in [4.69, 9.17) is 9.47 Å². The van der Waals surface area contributed by atoms with Crippen molar-refractivity contribution in [2.24, 2.45) is 0 Å². The maximum atomic E-state index is 12.9. The van der Waals surface area contributed by atoms with Crippen LogP contribution in [0.3, 0.4) is 0 Å². The predicted molar refractivity (Wildman–Crippen MR) is 98.9 cm³/mol. The standard InChI is InChI=1S/C19H26N4O4/c24-18(21-7-11-22-9-5-20-6-10-22)15-2-1-8-23(15)19(25)14-3-4-16-17(12-14)27-13-26-16/h3-4,12,15,20H,1-2,5-11,13H2,(H,21,24). The van der Waals surface area contributed by atoms with Crippen LogP contribution in [0.15, 0.2) is 18.2 Å². The molecule has 2 saturated heterocycles. The van der Waals surface area contributed by atoms with Gasteiger partial charge in [0.2, 0.25) is 12.7 Å². The third-order valence-corrected chi connectivity index (χ3v) is 5.37. The number of benzene rings is 1. The molecule has 27 heavy (non-hydrogen) atoms. The van der Waals surface area contributed by atoms with Gasteiger partial charge in [0, 0.05) is 51.4 Å². The third kappa shape index (κ3) is 4.01. The molecule has 1 aromatic rings. The number of nitrogens with one attached hydrogen (secondary N) is 2. The summed E-state index contributed by atoms with van der Waals surface area (Å²) in [5.74, 6) is 1.04. The van der Waals surface area contributed by atoms with Crippen molar-refractivity contribution in [1.82, 2.24) is 20.4 Å². The zero-order valence-corrected chi connectivity index (χ0v) is 15.4. The molecule has 2 amide bonds. The lowest BCUT2D eigenvalue weighted by atomic mass is 10.1. The molecule has 0 bridgehead atoms. The number of likely N-dealkylation sites (tertiary alicyclic amines) is 1. The van der Waals surface area contributed by atoms with Crippen LogP contribution in [-0.2, 0) is 4.79 Å². The summed E-state index contributed by atoms with van der Waals surface area (Å²) in [6.07, 6.45) is 1.54. The molecule has 8 heteroatoms. The molecule has 8 nitrogen and oxygen atoms in total. The van der Waals surface area contributed by atoms with Crippen molar-refractivity contribution in [3.05, 3.63) is 23.8 Å². The van der Waals surface area contributed by atoms with Gasteiger partial charge in [0.05, 0.1) is 0 Å². The number of fused-ring (bicyclic) bond motifs is 1. The van der Waals surface area contributed by atoms with Gasteiger partial charge in [-0.05, 0) is 31.0 Å². The molecule has 146 valence electrons. The van der Waals surface area contributed by atoms with Crippen LogP contribution in [0, 0.1) is 0 Å². The van der Waals surface area contributed by atoms with Crippen LogP contribution in [0.5, 0.6) is 11.5 Å². The second-order valence-corrected chi connectivity index (χ2v) is 7.11. The van der Waals surface area contributed by atoms with E-state index in [0.29, 0.717) is 36.6 Å². The molecule has 3 aliphatic heterocycles. The predicted octanol–water partition coefficient (Wildman–Crippen LogP) is 0.0413. The lowest BCUT2D eigenvalue weighted by Crippen LogP contribution is -2.49. The van der Waals surface area contributed by atoms with Gasteiger partial charge in [0.15, 0.2) is 11.5 Å². The minimum absolute atomic E-state index is 0.0586. The number of carbonyl (C=O) groups excluding carboxylic acids is 2. The summed E-state index contributed by atoms with van der Waals surface area (Å²) in [6.45, 7) is 6.24. The zero-order chi connectivity index (χ0) is 18.6. The van der Waals surface area contributed by atoms with Crippen molar-refractivity contribution in [3.63, 3.8) is 0 Å². The highest BCUT2D eigenvalue weighted by molar-refractivity contribution is 5.98. The second kappa shape index (κ2) is 8.14. The Balaban J connectivity index is 1.33. The third-order valence-electron chi connectivity index (χ3n) is 5.37. The molecule has 1 aromatic carbocycles. The first kappa shape index (κ1) is 18.1. The van der Waals surface area contributed by atoms with Gasteiger partial charge in [-0.2, -0.15) is 0 Å². The quantitative estimate of drug-likeness (QED) is 0.757. The second-order valence-electron chi connectivity index (χ2n) is 7.11. The van der Waals surface area contributed by atoms with E-state index >= 15 is 0 Å². The number of nitrogens with zero attached hydrogens (tertiary/aromatic N) is 2. The summed E-state index contributed by atoms with van der Waals surface area (Å²) in [7, 11) is 0. The number of hydrogen-bond donors (Lipinski definition) is 2. The molecule has 0 saturated carbocycles. The van der Waals surface area contributed by atoms with Gasteiger partial charge in [-0.25, -0.2) is 0 Å². The monoisotopic (exact) mass is 374 g/mol. The van der Waals surface area contributed by atoms with Gasteiger partial charge in [-0.3, -0.25) is 14.5 Å². The summed E-state index contributed by atoms with van der Waals surface area (Å²) in [4.78, 5) is 29.6. The lowest BCUT2D eigenvalue weighted by molar-refractivity contribution is -0.124. The molecule has 1 unspecified atom stereocenters. The maximum absolute atomic E-state index is 12.9. The smallest absolute Gasteiger partial charge is 0.254 e. The summed E-state index contributed by atoms with van der Waals surface area (Å²) in [5, 5.41) is 6.33. The van der Waals surface area contributed by atoms with E-state index in [-0.39, 0.29) is 18.6 Å². The van der Waals surface area contributed by atoms with Crippen LogP contribution < -0.4 is 20.1 Å². The Labute approximate surface area is 158 Å². The van der Waals surface area contributed by atoms with E-state index in [2.05, 4.69) is 15.5 Å². The summed E-state index contributed by atoms with van der Waals surface area (Å²) < 4.78 is 10.6. The van der Waals surface area contributed by atoms with Crippen molar-refractivity contribution in [3.8, 4) is 11.5 Å². The average Bonchev–Trinajstić information content (AvgIpc) is 3.37. The van der Waals surface area contributed by atoms with E-state index in [1.54, 1.807) is 23.1 Å². The molecular formula is C19H26N4O4. The largest absolute Gasteiger partial charge is 0.454 e. The number of piperazine rings is 1. The minimum atomic E-state index is -0.397. The fraction of sp³-hybridized carbons (Fsp3) is 0.579. The molecule has 3 heterocycles. The Kier molecular flexibility index (Phi) is 5.45. The lowest BCUT2D eigenvalue weighted by Gasteiger charge is -2.28. The number of rotatable bonds is 5. The van der Waals surface area contributed by atoms with E-state index in [1.165, 1.54) is 0 Å². The van der Waals surface area contributed by atoms with Crippen LogP contribution in [-0.4, -0.2) is 80.3 Å². The number of carbonyl (C=O) groups is 2. The van der Waals surface area contributed by atoms with Gasteiger partial charge in [0.25, 0.3) is 5.91 Å². The van der Waals surface area contributed by atoms with Gasteiger partial charge < -0.3 is 25.0 Å². The minimum Gasteiger partial charge on any atom is -0.454 e. The van der Waals surface area contributed by atoms with Gasteiger partial charge in [-0.15, -0.1) is 0 Å².